The van der Waals surface area contributed by atoms with Crippen LogP contribution in [0.25, 0.3) is 0 Å². The smallest absolute Gasteiger partial charge is 0.302 e. The summed E-state index contributed by atoms with van der Waals surface area (Å²) in [6.45, 7) is 2.68. The van der Waals surface area contributed by atoms with Crippen LogP contribution in [0.3, 0.4) is 0 Å². The van der Waals surface area contributed by atoms with Crippen molar-refractivity contribution in [1.29, 1.82) is 0 Å². The molecule has 1 saturated carbocycles. The largest absolute Gasteiger partial charge is 0.504 e. The number of nitrogen functional groups attached to an aromatic ring is 1. The van der Waals surface area contributed by atoms with Crippen LogP contribution in [0.2, 0.25) is 0 Å². The number of aromatic nitrogens is 1. The molecule has 14 heteroatoms. The van der Waals surface area contributed by atoms with E-state index < -0.39 is 17.6 Å². The first-order valence-corrected chi connectivity index (χ1v) is 25.7. The number of aliphatic hydroxyl groups excluding tert-OH is 1. The third-order valence-corrected chi connectivity index (χ3v) is 15.9. The zero-order valence-electron chi connectivity index (χ0n) is 37.0. The molecule has 1 saturated heterocycles. The summed E-state index contributed by atoms with van der Waals surface area (Å²) < 4.78 is 12.6. The molecule has 342 valence electrons. The Labute approximate surface area is 381 Å². The number of aliphatic imine (C=N–C) groups is 1. The maximum atomic E-state index is 14.1. The molecule has 0 spiro atoms. The highest BCUT2D eigenvalue weighted by Gasteiger charge is 2.43. The molecule has 7 N–H and O–H groups in total. The van der Waals surface area contributed by atoms with Crippen molar-refractivity contribution in [2.24, 2.45) is 28.0 Å². The van der Waals surface area contributed by atoms with Gasteiger partial charge in [-0.2, -0.15) is 0 Å². The van der Waals surface area contributed by atoms with E-state index >= 15 is 0 Å². The first-order valence-electron chi connectivity index (χ1n) is 23.2. The van der Waals surface area contributed by atoms with Crippen molar-refractivity contribution < 1.29 is 29.3 Å². The lowest BCUT2D eigenvalue weighted by molar-refractivity contribution is -0.148. The molecule has 6 atom stereocenters. The van der Waals surface area contributed by atoms with E-state index in [-0.39, 0.29) is 30.3 Å². The van der Waals surface area contributed by atoms with Crippen molar-refractivity contribution >= 4 is 45.2 Å². The predicted molar refractivity (Wildman–Crippen MR) is 253 cm³/mol. The molecular formula is C49H68N6O6S2. The number of anilines is 1. The number of pyridine rings is 1. The van der Waals surface area contributed by atoms with Crippen LogP contribution in [0, 0.1) is 17.3 Å². The summed E-state index contributed by atoms with van der Waals surface area (Å²) in [5.41, 5.74) is 17.1. The number of rotatable bonds is 6. The van der Waals surface area contributed by atoms with E-state index in [1.54, 1.807) is 17.0 Å². The van der Waals surface area contributed by atoms with E-state index in [1.165, 1.54) is 12.5 Å². The molecule has 7 rings (SSSR count). The first-order chi connectivity index (χ1) is 30.5. The summed E-state index contributed by atoms with van der Waals surface area (Å²) in [6.07, 6.45) is 14.4. The van der Waals surface area contributed by atoms with E-state index in [9.17, 15) is 19.8 Å². The SMILES string of the molecule is CC(=O)OC1CCc2cc(c(O)c3c2CCC2CCCC2O3)CN2CC(Cc3ccnc(N)c3)(CCNC(N)=NCSSCC(CCc3ccccc3)CCCCC(O)C1)CC2=O. The minimum absolute atomic E-state index is 0.0168. The number of nitrogens with two attached hydrogens (primary N) is 2. The molecule has 6 unspecified atom stereocenters. The van der Waals surface area contributed by atoms with Gasteiger partial charge in [-0.15, -0.1) is 0 Å². The summed E-state index contributed by atoms with van der Waals surface area (Å²) >= 11 is 0. The molecule has 1 amide bonds. The van der Waals surface area contributed by atoms with Gasteiger partial charge in [-0.3, -0.25) is 9.59 Å². The first kappa shape index (κ1) is 46.8. The molecule has 63 heavy (non-hydrogen) atoms. The minimum Gasteiger partial charge on any atom is -0.504 e. The van der Waals surface area contributed by atoms with Crippen LogP contribution >= 0.6 is 21.6 Å². The number of carbonyl (C=O) groups excluding carboxylic acids is 2. The lowest BCUT2D eigenvalue weighted by Gasteiger charge is -2.30. The number of guanidine groups is 1. The van der Waals surface area contributed by atoms with Gasteiger partial charge in [0.15, 0.2) is 17.5 Å². The minimum atomic E-state index is -0.599. The Bertz CT molecular complexity index is 2020. The molecule has 1 aromatic heterocycles. The zero-order valence-corrected chi connectivity index (χ0v) is 38.6. The number of aliphatic hydroxyl groups is 1. The lowest BCUT2D eigenvalue weighted by atomic mass is 9.78. The van der Waals surface area contributed by atoms with Crippen molar-refractivity contribution in [2.75, 3.05) is 30.5 Å². The van der Waals surface area contributed by atoms with Crippen LogP contribution in [0.1, 0.15) is 118 Å². The van der Waals surface area contributed by atoms with Crippen LogP contribution in [-0.2, 0) is 46.6 Å². The van der Waals surface area contributed by atoms with Gasteiger partial charge in [0.2, 0.25) is 5.91 Å². The van der Waals surface area contributed by atoms with Crippen molar-refractivity contribution in [3.63, 3.8) is 0 Å². The summed E-state index contributed by atoms with van der Waals surface area (Å²) in [5, 5.41) is 26.7. The molecule has 4 bridgehead atoms. The van der Waals surface area contributed by atoms with Crippen molar-refractivity contribution in [2.45, 2.75) is 141 Å². The Hall–Kier alpha value is -4.14. The number of nitrogens with one attached hydrogen (secondary N) is 1. The second-order valence-electron chi connectivity index (χ2n) is 18.5. The number of aryl methyl sites for hydroxylation is 2. The maximum Gasteiger partial charge on any atom is 0.302 e. The highest BCUT2D eigenvalue weighted by molar-refractivity contribution is 8.76. The molecule has 1 aliphatic carbocycles. The van der Waals surface area contributed by atoms with Gasteiger partial charge in [0, 0.05) is 67.9 Å². The second-order valence-corrected chi connectivity index (χ2v) is 21.0. The van der Waals surface area contributed by atoms with Crippen LogP contribution < -0.4 is 21.5 Å². The number of fused-ring (bicyclic) bond motifs is 7. The molecule has 4 heterocycles. The predicted octanol–water partition coefficient (Wildman–Crippen LogP) is 7.90. The van der Waals surface area contributed by atoms with Crippen molar-refractivity contribution in [3.8, 4) is 11.5 Å². The average Bonchev–Trinajstić information content (AvgIpc) is 3.77. The van der Waals surface area contributed by atoms with Crippen LogP contribution in [0.5, 0.6) is 11.5 Å². The number of hydrogen-bond acceptors (Lipinski definition) is 13. The zero-order chi connectivity index (χ0) is 44.2. The molecule has 2 aromatic carbocycles. The lowest BCUT2D eigenvalue weighted by Crippen LogP contribution is -2.37. The molecule has 3 aromatic rings. The summed E-state index contributed by atoms with van der Waals surface area (Å²) in [6, 6.07) is 16.5. The van der Waals surface area contributed by atoms with Crippen LogP contribution in [-0.4, -0.2) is 81.0 Å². The van der Waals surface area contributed by atoms with E-state index in [0.717, 1.165) is 86.7 Å². The number of nitrogens with zero attached hydrogens (tertiary/aromatic N) is 3. The fourth-order valence-electron chi connectivity index (χ4n) is 10.4. The summed E-state index contributed by atoms with van der Waals surface area (Å²) in [4.78, 5) is 37.2. The number of phenols is 1. The third kappa shape index (κ3) is 13.4. The third-order valence-electron chi connectivity index (χ3n) is 13.7. The fraction of sp³-hybridized carbons (Fsp3) is 0.592. The van der Waals surface area contributed by atoms with Crippen molar-refractivity contribution in [1.82, 2.24) is 15.2 Å². The van der Waals surface area contributed by atoms with E-state index in [2.05, 4.69) is 45.6 Å². The fourth-order valence-corrected chi connectivity index (χ4v) is 12.5. The van der Waals surface area contributed by atoms with Gasteiger partial charge in [-0.1, -0.05) is 64.8 Å². The number of esters is 1. The number of carbonyl (C=O) groups is 2. The Morgan fingerprint density at radius 1 is 1.00 bits per heavy atom. The Morgan fingerprint density at radius 2 is 1.84 bits per heavy atom. The van der Waals surface area contributed by atoms with Gasteiger partial charge in [-0.05, 0) is 130 Å². The van der Waals surface area contributed by atoms with Gasteiger partial charge < -0.3 is 41.4 Å². The van der Waals surface area contributed by atoms with Gasteiger partial charge in [-0.25, -0.2) is 9.98 Å². The number of benzene rings is 2. The number of hydrogen-bond donors (Lipinski definition) is 5. The quantitative estimate of drug-likeness (QED) is 0.119. The van der Waals surface area contributed by atoms with Crippen molar-refractivity contribution in [3.05, 3.63) is 82.5 Å². The highest BCUT2D eigenvalue weighted by atomic mass is 33.1. The van der Waals surface area contributed by atoms with Gasteiger partial charge in [0.25, 0.3) is 0 Å². The molecule has 12 nitrogen and oxygen atoms in total. The van der Waals surface area contributed by atoms with Gasteiger partial charge in [0.1, 0.15) is 18.0 Å². The Balaban J connectivity index is 1.15. The van der Waals surface area contributed by atoms with E-state index in [0.29, 0.717) is 98.8 Å². The average molecular weight is 901 g/mol. The van der Waals surface area contributed by atoms with E-state index in [1.807, 2.05) is 33.9 Å². The van der Waals surface area contributed by atoms with Crippen LogP contribution in [0.4, 0.5) is 5.82 Å². The number of ether oxygens (including phenoxy) is 2. The molecular weight excluding hydrogens is 833 g/mol. The van der Waals surface area contributed by atoms with E-state index in [4.69, 9.17) is 20.9 Å². The monoisotopic (exact) mass is 900 g/mol. The topological polar surface area (TPSA) is 186 Å². The van der Waals surface area contributed by atoms with Gasteiger partial charge >= 0.3 is 5.97 Å². The standard InChI is InChI=1S/C49H68N6O6S2/c1-33(56)60-41-18-16-38-25-39(46(59)47-42(38)19-17-37-11-7-13-43(37)61-47)29-55-31-49(28-45(55)58,27-36-20-22-52-44(50)24-36)21-23-53-48(51)54-32-63-62-30-35(10-5-6-12-40(57)26-41)15-14-34-8-3-2-4-9-34/h2-4,8-9,20,22,24-25,35,37,40-41,43,57,59H,5-7,10-19,21,23,26-32H2,1H3,(H2,50,52)(H3,51,53,54). The molecule has 0 radical (unpaired) electrons. The summed E-state index contributed by atoms with van der Waals surface area (Å²) in [5.74, 6) is 3.59. The number of aromatic hydroxyl groups is 1. The van der Waals surface area contributed by atoms with Gasteiger partial charge in [0.05, 0.1) is 12.0 Å². The Morgan fingerprint density at radius 3 is 2.67 bits per heavy atom. The Kier molecular flexibility index (Phi) is 16.8. The normalized spacial score (nSPS) is 26.9. The molecule has 4 aliphatic rings. The molecule has 3 aliphatic heterocycles. The molecule has 2 fully saturated rings. The highest BCUT2D eigenvalue weighted by Crippen LogP contribution is 2.47. The van der Waals surface area contributed by atoms with Crippen LogP contribution in [0.15, 0.2) is 59.7 Å². The number of phenolic OH excluding ortho intramolecular Hbond substituents is 1. The second kappa shape index (κ2) is 22.7. The maximum absolute atomic E-state index is 14.1. The number of amides is 1. The summed E-state index contributed by atoms with van der Waals surface area (Å²) in [7, 11) is 3.53.